The summed E-state index contributed by atoms with van der Waals surface area (Å²) < 4.78 is 34.8. The highest BCUT2D eigenvalue weighted by atomic mass is 79.9. The van der Waals surface area contributed by atoms with Gasteiger partial charge in [0.25, 0.3) is 0 Å². The Morgan fingerprint density at radius 1 is 1.43 bits per heavy atom. The molecule has 2 unspecified atom stereocenters. The lowest BCUT2D eigenvalue weighted by atomic mass is 9.78. The summed E-state index contributed by atoms with van der Waals surface area (Å²) in [5.74, 6) is 1.09. The first-order valence-corrected chi connectivity index (χ1v) is 9.16. The fourth-order valence-corrected chi connectivity index (χ4v) is 5.66. The molecule has 0 saturated carbocycles. The topological polar surface area (TPSA) is 98.8 Å². The van der Waals surface area contributed by atoms with Gasteiger partial charge in [-0.1, -0.05) is 0 Å². The molecule has 0 aliphatic carbocycles. The fraction of sp³-hybridized carbons (Fsp3) is 0.538. The molecule has 0 spiro atoms. The molecule has 2 heterocycles. The van der Waals surface area contributed by atoms with Gasteiger partial charge in [0.1, 0.15) is 0 Å². The summed E-state index contributed by atoms with van der Waals surface area (Å²) in [5.41, 5.74) is 5.52. The van der Waals surface area contributed by atoms with E-state index in [-0.39, 0.29) is 24.8 Å². The average molecular weight is 378 g/mol. The van der Waals surface area contributed by atoms with Crippen LogP contribution in [0.2, 0.25) is 0 Å². The normalized spacial score (nSPS) is 27.8. The number of nitrogens with two attached hydrogens (primary N) is 1. The Balaban J connectivity index is 1.98. The van der Waals surface area contributed by atoms with Gasteiger partial charge < -0.3 is 20.3 Å². The van der Waals surface area contributed by atoms with Gasteiger partial charge in [-0.3, -0.25) is 0 Å². The molecule has 8 heteroatoms. The molecule has 1 aromatic carbocycles. The number of aliphatic hydroxyl groups excluding tert-OH is 1. The Bertz CT molecular complexity index is 677. The van der Waals surface area contributed by atoms with E-state index in [2.05, 4.69) is 15.9 Å². The predicted octanol–water partition coefficient (Wildman–Crippen LogP) is 0.975. The van der Waals surface area contributed by atoms with Crippen LogP contribution in [-0.2, 0) is 9.84 Å². The Labute approximate surface area is 131 Å². The second-order valence-electron chi connectivity index (χ2n) is 5.55. The third-order valence-corrected chi connectivity index (χ3v) is 6.60. The van der Waals surface area contributed by atoms with Gasteiger partial charge in [0.05, 0.1) is 22.1 Å². The van der Waals surface area contributed by atoms with Crippen molar-refractivity contribution < 1.29 is 23.0 Å². The zero-order valence-corrected chi connectivity index (χ0v) is 13.6. The summed E-state index contributed by atoms with van der Waals surface area (Å²) in [6, 6.07) is 3.40. The van der Waals surface area contributed by atoms with Crippen molar-refractivity contribution >= 4 is 25.8 Å². The number of hydrogen-bond donors (Lipinski definition) is 2. The minimum absolute atomic E-state index is 0.0625. The smallest absolute Gasteiger partial charge is 0.231 e. The largest absolute Gasteiger partial charge is 0.454 e. The van der Waals surface area contributed by atoms with E-state index in [0.29, 0.717) is 28.0 Å². The third kappa shape index (κ3) is 2.54. The highest BCUT2D eigenvalue weighted by Crippen LogP contribution is 2.47. The first-order valence-electron chi connectivity index (χ1n) is 6.54. The van der Waals surface area contributed by atoms with Crippen LogP contribution in [0.5, 0.6) is 11.5 Å². The zero-order valence-electron chi connectivity index (χ0n) is 11.2. The SMILES string of the molecule is NCC1(C(O)c2cc(Br)c3c(c2)OCO3)CCS(=O)(=O)C1. The molecule has 6 nitrogen and oxygen atoms in total. The number of fused-ring (bicyclic) bond motifs is 1. The van der Waals surface area contributed by atoms with Crippen molar-refractivity contribution in [1.29, 1.82) is 0 Å². The van der Waals surface area contributed by atoms with Crippen molar-refractivity contribution in [2.45, 2.75) is 12.5 Å². The highest BCUT2D eigenvalue weighted by Gasteiger charge is 2.47. The number of ether oxygens (including phenoxy) is 2. The first-order chi connectivity index (χ1) is 9.87. The predicted molar refractivity (Wildman–Crippen MR) is 80.0 cm³/mol. The Hall–Kier alpha value is -0.830. The van der Waals surface area contributed by atoms with Crippen LogP contribution in [0.25, 0.3) is 0 Å². The number of sulfone groups is 1. The van der Waals surface area contributed by atoms with E-state index in [0.717, 1.165) is 0 Å². The van der Waals surface area contributed by atoms with Gasteiger partial charge in [-0.05, 0) is 40.0 Å². The van der Waals surface area contributed by atoms with Crippen molar-refractivity contribution in [2.75, 3.05) is 24.8 Å². The molecule has 1 aromatic rings. The summed E-state index contributed by atoms with van der Waals surface area (Å²) in [4.78, 5) is 0. The second-order valence-corrected chi connectivity index (χ2v) is 8.59. The minimum Gasteiger partial charge on any atom is -0.454 e. The van der Waals surface area contributed by atoms with E-state index in [4.69, 9.17) is 15.2 Å². The minimum atomic E-state index is -3.15. The van der Waals surface area contributed by atoms with Crippen LogP contribution >= 0.6 is 15.9 Å². The Morgan fingerprint density at radius 3 is 2.81 bits per heavy atom. The van der Waals surface area contributed by atoms with E-state index >= 15 is 0 Å². The molecule has 0 amide bonds. The molecular weight excluding hydrogens is 362 g/mol. The van der Waals surface area contributed by atoms with Gasteiger partial charge in [-0.25, -0.2) is 8.42 Å². The van der Waals surface area contributed by atoms with E-state index in [1.54, 1.807) is 12.1 Å². The number of halogens is 1. The van der Waals surface area contributed by atoms with Crippen LogP contribution in [0.15, 0.2) is 16.6 Å². The first kappa shape index (κ1) is 15.1. The molecule has 0 aromatic heterocycles. The molecule has 1 saturated heterocycles. The fourth-order valence-electron chi connectivity index (χ4n) is 2.93. The maximum Gasteiger partial charge on any atom is 0.231 e. The molecule has 21 heavy (non-hydrogen) atoms. The van der Waals surface area contributed by atoms with Crippen LogP contribution in [0, 0.1) is 5.41 Å². The Kier molecular flexibility index (Phi) is 3.67. The molecule has 2 aliphatic rings. The quantitative estimate of drug-likeness (QED) is 0.814. The second kappa shape index (κ2) is 5.12. The summed E-state index contributed by atoms with van der Waals surface area (Å²) in [7, 11) is -3.15. The monoisotopic (exact) mass is 377 g/mol. The molecule has 116 valence electrons. The van der Waals surface area contributed by atoms with Gasteiger partial charge in [0.2, 0.25) is 6.79 Å². The molecule has 1 fully saturated rings. The maximum absolute atomic E-state index is 11.8. The van der Waals surface area contributed by atoms with Crippen LogP contribution < -0.4 is 15.2 Å². The van der Waals surface area contributed by atoms with Gasteiger partial charge >= 0.3 is 0 Å². The highest BCUT2D eigenvalue weighted by molar-refractivity contribution is 9.10. The van der Waals surface area contributed by atoms with Crippen LogP contribution in [0.3, 0.4) is 0 Å². The van der Waals surface area contributed by atoms with E-state index < -0.39 is 21.4 Å². The van der Waals surface area contributed by atoms with E-state index in [1.165, 1.54) is 0 Å². The van der Waals surface area contributed by atoms with Gasteiger partial charge in [-0.15, -0.1) is 0 Å². The summed E-state index contributed by atoms with van der Waals surface area (Å²) >= 11 is 3.37. The number of hydrogen-bond acceptors (Lipinski definition) is 6. The lowest BCUT2D eigenvalue weighted by molar-refractivity contribution is 0.0470. The van der Waals surface area contributed by atoms with Crippen molar-refractivity contribution in [2.24, 2.45) is 11.1 Å². The van der Waals surface area contributed by atoms with E-state index in [1.807, 2.05) is 0 Å². The van der Waals surface area contributed by atoms with Crippen LogP contribution in [-0.4, -0.2) is 38.4 Å². The number of benzene rings is 1. The summed E-state index contributed by atoms with van der Waals surface area (Å²) in [6.07, 6.45) is -0.607. The molecule has 3 rings (SSSR count). The number of aliphatic hydroxyl groups is 1. The van der Waals surface area contributed by atoms with Gasteiger partial charge in [-0.2, -0.15) is 0 Å². The summed E-state index contributed by atoms with van der Waals surface area (Å²) in [5, 5.41) is 10.7. The number of rotatable bonds is 3. The van der Waals surface area contributed by atoms with Crippen molar-refractivity contribution in [1.82, 2.24) is 0 Å². The van der Waals surface area contributed by atoms with Crippen LogP contribution in [0.4, 0.5) is 0 Å². The van der Waals surface area contributed by atoms with Crippen molar-refractivity contribution in [3.05, 3.63) is 22.2 Å². The molecule has 2 aliphatic heterocycles. The molecule has 0 bridgehead atoms. The molecule has 2 atom stereocenters. The standard InChI is InChI=1S/C13H16BrNO5S/c14-9-3-8(4-10-11(9)20-7-19-10)12(16)13(5-15)1-2-21(17,18)6-13/h3-4,12,16H,1-2,5-7,15H2. The zero-order chi connectivity index (χ0) is 15.3. The van der Waals surface area contributed by atoms with Crippen molar-refractivity contribution in [3.63, 3.8) is 0 Å². The average Bonchev–Trinajstić information content (AvgIpc) is 3.02. The third-order valence-electron chi connectivity index (χ3n) is 4.17. The van der Waals surface area contributed by atoms with Gasteiger partial charge in [0.15, 0.2) is 21.3 Å². The van der Waals surface area contributed by atoms with Gasteiger partial charge in [0, 0.05) is 12.0 Å². The molecular formula is C13H16BrNO5S. The Morgan fingerprint density at radius 2 is 2.19 bits per heavy atom. The summed E-state index contributed by atoms with van der Waals surface area (Å²) in [6.45, 7) is 0.239. The molecule has 3 N–H and O–H groups in total. The lowest BCUT2D eigenvalue weighted by Crippen LogP contribution is -2.38. The molecule has 0 radical (unpaired) electrons. The van der Waals surface area contributed by atoms with Crippen LogP contribution in [0.1, 0.15) is 18.1 Å². The van der Waals surface area contributed by atoms with Crippen molar-refractivity contribution in [3.8, 4) is 11.5 Å². The maximum atomic E-state index is 11.8. The lowest BCUT2D eigenvalue weighted by Gasteiger charge is -2.32. The van der Waals surface area contributed by atoms with E-state index in [9.17, 15) is 13.5 Å².